The van der Waals surface area contributed by atoms with E-state index in [1.807, 2.05) is 44.2 Å². The number of amides is 2. The van der Waals surface area contributed by atoms with Gasteiger partial charge < -0.3 is 19.7 Å². The maximum absolute atomic E-state index is 13.8. The average Bonchev–Trinajstić information content (AvgIpc) is 3.41. The van der Waals surface area contributed by atoms with E-state index in [-0.39, 0.29) is 57.0 Å². The van der Waals surface area contributed by atoms with Crippen LogP contribution in [0.2, 0.25) is 0 Å². The van der Waals surface area contributed by atoms with Gasteiger partial charge in [-0.05, 0) is 55.7 Å². The summed E-state index contributed by atoms with van der Waals surface area (Å²) >= 11 is 0. The number of benzene rings is 3. The summed E-state index contributed by atoms with van der Waals surface area (Å²) in [5.74, 6) is -0.0503. The molecule has 1 aliphatic rings. The summed E-state index contributed by atoms with van der Waals surface area (Å²) in [4.78, 5) is 28.8. The number of halogens is 1. The lowest BCUT2D eigenvalue weighted by Crippen LogP contribution is -2.51. The first-order chi connectivity index (χ1) is 20.0. The summed E-state index contributed by atoms with van der Waals surface area (Å²) in [7, 11) is -3.68. The molecule has 0 unspecified atom stereocenters. The van der Waals surface area contributed by atoms with Gasteiger partial charge in [-0.25, -0.2) is 12.8 Å². The van der Waals surface area contributed by atoms with Crippen LogP contribution in [0.5, 0.6) is 11.5 Å². The molecule has 0 saturated carbocycles. The molecule has 3 aromatic carbocycles. The number of ether oxygens (including phenoxy) is 2. The lowest BCUT2D eigenvalue weighted by atomic mass is 10.0. The Morgan fingerprint density at radius 3 is 2.31 bits per heavy atom. The molecule has 2 amide bonds. The van der Waals surface area contributed by atoms with E-state index in [0.29, 0.717) is 22.7 Å². The first-order valence-electron chi connectivity index (χ1n) is 13.8. The van der Waals surface area contributed by atoms with Crippen LogP contribution in [0.25, 0.3) is 0 Å². The van der Waals surface area contributed by atoms with E-state index in [1.165, 1.54) is 21.3 Å². The van der Waals surface area contributed by atoms with Gasteiger partial charge in [0.25, 0.3) is 0 Å². The van der Waals surface area contributed by atoms with Gasteiger partial charge in [-0.2, -0.15) is 0 Å². The molecule has 1 atom stereocenters. The predicted molar refractivity (Wildman–Crippen MR) is 158 cm³/mol. The second-order valence-corrected chi connectivity index (χ2v) is 12.4. The fraction of sp³-hybridized carbons (Fsp3) is 0.355. The molecule has 3 aromatic rings. The van der Waals surface area contributed by atoms with Crippen molar-refractivity contribution < 1.29 is 31.9 Å². The highest BCUT2D eigenvalue weighted by Crippen LogP contribution is 2.36. The maximum atomic E-state index is 13.8. The molecule has 1 aliphatic heterocycles. The van der Waals surface area contributed by atoms with Crippen molar-refractivity contribution in [1.82, 2.24) is 10.2 Å². The van der Waals surface area contributed by atoms with Crippen LogP contribution in [0.3, 0.4) is 0 Å². The third-order valence-corrected chi connectivity index (χ3v) is 7.96. The van der Waals surface area contributed by atoms with Crippen molar-refractivity contribution >= 4 is 27.5 Å². The van der Waals surface area contributed by atoms with E-state index < -0.39 is 21.9 Å². The van der Waals surface area contributed by atoms with Crippen molar-refractivity contribution in [1.29, 1.82) is 0 Å². The summed E-state index contributed by atoms with van der Waals surface area (Å²) in [6.07, 6.45) is 1.56. The van der Waals surface area contributed by atoms with Gasteiger partial charge in [0, 0.05) is 38.0 Å². The van der Waals surface area contributed by atoms with Gasteiger partial charge in [0.05, 0.1) is 11.9 Å². The molecule has 4 rings (SSSR count). The lowest BCUT2D eigenvalue weighted by molar-refractivity contribution is -0.141. The molecule has 0 aromatic heterocycles. The Labute approximate surface area is 246 Å². The van der Waals surface area contributed by atoms with E-state index in [0.717, 1.165) is 11.8 Å². The highest BCUT2D eigenvalue weighted by atomic mass is 32.2. The SMILES string of the molecule is CC(C)NC(=O)[C@@H](Cc1ccccc1)N(Cc1ccc(F)cc1)C(=O)CCCN(c1ccc2c(c1)OCO2)S(C)(=O)=O. The first-order valence-corrected chi connectivity index (χ1v) is 15.6. The number of fused-ring (bicyclic) bond motifs is 1. The van der Waals surface area contributed by atoms with Gasteiger partial charge in [0.1, 0.15) is 11.9 Å². The number of carbonyl (C=O) groups is 2. The molecule has 9 nitrogen and oxygen atoms in total. The number of hydrogen-bond acceptors (Lipinski definition) is 6. The Morgan fingerprint density at radius 1 is 0.952 bits per heavy atom. The molecule has 0 saturated heterocycles. The standard InChI is InChI=1S/C31H36FN3O6S/c1-22(2)33-31(37)27(18-23-8-5-4-6-9-23)34(20-24-11-13-25(32)14-12-24)30(36)10-7-17-35(42(3,38)39)26-15-16-28-29(19-26)41-21-40-28/h4-6,8-9,11-16,19,22,27H,7,10,17-18,20-21H2,1-3H3,(H,33,37)/t27-/m1/s1. The molecule has 1 heterocycles. The second-order valence-electron chi connectivity index (χ2n) is 10.5. The molecular formula is C31H36FN3O6S. The molecule has 0 bridgehead atoms. The van der Waals surface area contributed by atoms with Crippen LogP contribution in [0, 0.1) is 5.82 Å². The van der Waals surface area contributed by atoms with Crippen LogP contribution in [0.4, 0.5) is 10.1 Å². The fourth-order valence-corrected chi connectivity index (χ4v) is 5.72. The Hall–Kier alpha value is -4.12. The number of rotatable bonds is 13. The maximum Gasteiger partial charge on any atom is 0.243 e. The van der Waals surface area contributed by atoms with Crippen LogP contribution in [-0.4, -0.2) is 56.8 Å². The third kappa shape index (κ3) is 8.22. The highest BCUT2D eigenvalue weighted by Gasteiger charge is 2.31. The van der Waals surface area contributed by atoms with E-state index >= 15 is 0 Å². The van der Waals surface area contributed by atoms with Crippen molar-refractivity contribution in [3.05, 3.63) is 89.7 Å². The van der Waals surface area contributed by atoms with Gasteiger partial charge in [-0.1, -0.05) is 42.5 Å². The van der Waals surface area contributed by atoms with Gasteiger partial charge in [0.15, 0.2) is 11.5 Å². The number of sulfonamides is 1. The zero-order valence-corrected chi connectivity index (χ0v) is 24.8. The summed E-state index contributed by atoms with van der Waals surface area (Å²) in [6, 6.07) is 19.1. The lowest BCUT2D eigenvalue weighted by Gasteiger charge is -2.32. The van der Waals surface area contributed by atoms with Crippen molar-refractivity contribution in [2.75, 3.05) is 23.9 Å². The van der Waals surface area contributed by atoms with Crippen molar-refractivity contribution in [3.63, 3.8) is 0 Å². The summed E-state index contributed by atoms with van der Waals surface area (Å²) in [6.45, 7) is 3.87. The zero-order valence-electron chi connectivity index (χ0n) is 24.0. The number of nitrogens with zero attached hydrogens (tertiary/aromatic N) is 2. The van der Waals surface area contributed by atoms with Crippen LogP contribution in [-0.2, 0) is 32.6 Å². The van der Waals surface area contributed by atoms with E-state index in [4.69, 9.17) is 9.47 Å². The molecule has 0 aliphatic carbocycles. The zero-order chi connectivity index (χ0) is 30.3. The quantitative estimate of drug-likeness (QED) is 0.316. The molecule has 11 heteroatoms. The molecule has 0 radical (unpaired) electrons. The molecular weight excluding hydrogens is 561 g/mol. The van der Waals surface area contributed by atoms with Crippen molar-refractivity contribution in [3.8, 4) is 11.5 Å². The number of nitrogens with one attached hydrogen (secondary N) is 1. The highest BCUT2D eigenvalue weighted by molar-refractivity contribution is 7.92. The van der Waals surface area contributed by atoms with E-state index in [9.17, 15) is 22.4 Å². The van der Waals surface area contributed by atoms with Gasteiger partial charge in [0.2, 0.25) is 28.6 Å². The topological polar surface area (TPSA) is 105 Å². The molecule has 224 valence electrons. The van der Waals surface area contributed by atoms with Crippen molar-refractivity contribution in [2.24, 2.45) is 0 Å². The van der Waals surface area contributed by atoms with Crippen LogP contribution in [0.1, 0.15) is 37.8 Å². The van der Waals surface area contributed by atoms with Gasteiger partial charge in [-0.3, -0.25) is 13.9 Å². The minimum atomic E-state index is -3.68. The van der Waals surface area contributed by atoms with Crippen LogP contribution >= 0.6 is 0 Å². The summed E-state index contributed by atoms with van der Waals surface area (Å²) in [5, 5.41) is 2.93. The average molecular weight is 598 g/mol. The predicted octanol–water partition coefficient (Wildman–Crippen LogP) is 4.27. The number of anilines is 1. The monoisotopic (exact) mass is 597 g/mol. The number of carbonyl (C=O) groups excluding carboxylic acids is 2. The Bertz CT molecular complexity index is 1480. The van der Waals surface area contributed by atoms with Gasteiger partial charge >= 0.3 is 0 Å². The van der Waals surface area contributed by atoms with Crippen LogP contribution < -0.4 is 19.1 Å². The molecule has 0 spiro atoms. The largest absolute Gasteiger partial charge is 0.454 e. The Balaban J connectivity index is 1.57. The minimum absolute atomic E-state index is 0.0159. The normalized spacial score (nSPS) is 13.1. The molecule has 1 N–H and O–H groups in total. The summed E-state index contributed by atoms with van der Waals surface area (Å²) in [5.41, 5.74) is 1.94. The fourth-order valence-electron chi connectivity index (χ4n) is 4.77. The minimum Gasteiger partial charge on any atom is -0.454 e. The van der Waals surface area contributed by atoms with Crippen LogP contribution in [0.15, 0.2) is 72.8 Å². The Morgan fingerprint density at radius 2 is 1.64 bits per heavy atom. The smallest absolute Gasteiger partial charge is 0.243 e. The van der Waals surface area contributed by atoms with E-state index in [2.05, 4.69) is 5.32 Å². The Kier molecular flexibility index (Phi) is 10.1. The summed E-state index contributed by atoms with van der Waals surface area (Å²) < 4.78 is 51.0. The van der Waals surface area contributed by atoms with E-state index in [1.54, 1.807) is 30.3 Å². The first kappa shape index (κ1) is 30.8. The third-order valence-electron chi connectivity index (χ3n) is 6.76. The van der Waals surface area contributed by atoms with Crippen molar-refractivity contribution in [2.45, 2.75) is 51.7 Å². The second kappa shape index (κ2) is 13.7. The number of hydrogen-bond donors (Lipinski definition) is 1. The molecule has 42 heavy (non-hydrogen) atoms. The molecule has 0 fully saturated rings. The van der Waals surface area contributed by atoms with Gasteiger partial charge in [-0.15, -0.1) is 0 Å².